The Morgan fingerprint density at radius 2 is 1.82 bits per heavy atom. The van der Waals surface area contributed by atoms with Crippen LogP contribution in [0.2, 0.25) is 0 Å². The van der Waals surface area contributed by atoms with Crippen molar-refractivity contribution in [3.63, 3.8) is 0 Å². The molecule has 0 aromatic heterocycles. The Bertz CT molecular complexity index is 496. The summed E-state index contributed by atoms with van der Waals surface area (Å²) in [5.74, 6) is -3.36. The maximum atomic E-state index is 14.0. The highest BCUT2D eigenvalue weighted by Gasteiger charge is 2.33. The third-order valence-electron chi connectivity index (χ3n) is 3.92. The predicted octanol–water partition coefficient (Wildman–Crippen LogP) is 2.96. The Kier molecular flexibility index (Phi) is 5.85. The lowest BCUT2D eigenvalue weighted by molar-refractivity contribution is -0.133. The number of nitrogens with zero attached hydrogens (tertiary/aromatic N) is 2. The Labute approximate surface area is 130 Å². The number of hydrogen-bond acceptors (Lipinski definition) is 2. The van der Waals surface area contributed by atoms with Crippen LogP contribution in [0.25, 0.3) is 0 Å². The lowest BCUT2D eigenvalue weighted by atomic mass is 9.97. The van der Waals surface area contributed by atoms with Crippen LogP contribution in [0.4, 0.5) is 8.78 Å². The fraction of sp³-hybridized carbons (Fsp3) is 0.625. The van der Waals surface area contributed by atoms with E-state index in [9.17, 15) is 18.4 Å². The van der Waals surface area contributed by atoms with E-state index in [-0.39, 0.29) is 19.0 Å². The van der Waals surface area contributed by atoms with Crippen molar-refractivity contribution in [2.45, 2.75) is 51.6 Å². The van der Waals surface area contributed by atoms with Crippen LogP contribution in [-0.2, 0) is 9.59 Å². The van der Waals surface area contributed by atoms with Gasteiger partial charge >= 0.3 is 0 Å². The molecule has 0 radical (unpaired) electrons. The molecule has 0 bridgehead atoms. The summed E-state index contributed by atoms with van der Waals surface area (Å²) in [7, 11) is 1.58. The zero-order chi connectivity index (χ0) is 17.1. The van der Waals surface area contributed by atoms with Crippen molar-refractivity contribution in [2.75, 3.05) is 13.6 Å². The molecule has 2 amide bonds. The van der Waals surface area contributed by atoms with Gasteiger partial charge in [-0.3, -0.25) is 9.59 Å². The maximum Gasteiger partial charge on any atom is 0.282 e. The molecule has 6 heteroatoms. The molecule has 0 unspecified atom stereocenters. The molecule has 0 heterocycles. The van der Waals surface area contributed by atoms with E-state index >= 15 is 0 Å². The SMILES string of the molecule is C=C(F)C(=O)N(CC)C(C)(C)C/C=C(/F)C(=O)N(C)C1CC1. The fourth-order valence-corrected chi connectivity index (χ4v) is 2.33. The van der Waals surface area contributed by atoms with Crippen LogP contribution in [-0.4, -0.2) is 46.8 Å². The summed E-state index contributed by atoms with van der Waals surface area (Å²) in [4.78, 5) is 26.3. The molecule has 22 heavy (non-hydrogen) atoms. The minimum atomic E-state index is -1.05. The lowest BCUT2D eigenvalue weighted by Crippen LogP contribution is -2.47. The van der Waals surface area contributed by atoms with Gasteiger partial charge in [0.1, 0.15) is 0 Å². The van der Waals surface area contributed by atoms with Gasteiger partial charge in [-0.1, -0.05) is 6.58 Å². The second-order valence-electron chi connectivity index (χ2n) is 6.17. The van der Waals surface area contributed by atoms with Crippen LogP contribution >= 0.6 is 0 Å². The van der Waals surface area contributed by atoms with Gasteiger partial charge in [0.2, 0.25) is 0 Å². The normalized spacial score (nSPS) is 15.5. The molecule has 1 rings (SSSR count). The molecule has 0 aliphatic heterocycles. The maximum absolute atomic E-state index is 14.0. The molecular formula is C16H24F2N2O2. The Morgan fingerprint density at radius 1 is 1.27 bits per heavy atom. The third kappa shape index (κ3) is 4.39. The van der Waals surface area contributed by atoms with Crippen LogP contribution in [0, 0.1) is 0 Å². The Morgan fingerprint density at radius 3 is 2.23 bits per heavy atom. The third-order valence-corrected chi connectivity index (χ3v) is 3.92. The van der Waals surface area contributed by atoms with Gasteiger partial charge < -0.3 is 9.80 Å². The molecule has 0 aromatic rings. The van der Waals surface area contributed by atoms with E-state index in [0.29, 0.717) is 0 Å². The average Bonchev–Trinajstić information content (AvgIpc) is 3.27. The van der Waals surface area contributed by atoms with Crippen LogP contribution in [0.3, 0.4) is 0 Å². The number of likely N-dealkylation sites (N-methyl/N-ethyl adjacent to an activating group) is 2. The smallest absolute Gasteiger partial charge is 0.282 e. The van der Waals surface area contributed by atoms with E-state index in [1.165, 1.54) is 9.80 Å². The number of hydrogen-bond donors (Lipinski definition) is 0. The van der Waals surface area contributed by atoms with Crippen molar-refractivity contribution in [3.05, 3.63) is 24.3 Å². The minimum absolute atomic E-state index is 0.107. The van der Waals surface area contributed by atoms with Gasteiger partial charge in [0, 0.05) is 25.2 Å². The highest BCUT2D eigenvalue weighted by atomic mass is 19.1. The molecule has 1 aliphatic carbocycles. The highest BCUT2D eigenvalue weighted by Crippen LogP contribution is 2.27. The van der Waals surface area contributed by atoms with Gasteiger partial charge in [0.15, 0.2) is 11.7 Å². The number of amides is 2. The molecule has 0 atom stereocenters. The van der Waals surface area contributed by atoms with E-state index in [1.54, 1.807) is 27.8 Å². The van der Waals surface area contributed by atoms with Gasteiger partial charge in [-0.15, -0.1) is 0 Å². The number of carbonyl (C=O) groups is 2. The summed E-state index contributed by atoms with van der Waals surface area (Å²) in [5.41, 5.74) is -0.823. The average molecular weight is 314 g/mol. The van der Waals surface area contributed by atoms with E-state index < -0.39 is 29.0 Å². The first kappa shape index (κ1) is 18.3. The first-order valence-corrected chi connectivity index (χ1v) is 7.41. The molecule has 4 nitrogen and oxygen atoms in total. The van der Waals surface area contributed by atoms with Crippen molar-refractivity contribution in [1.29, 1.82) is 0 Å². The van der Waals surface area contributed by atoms with E-state index in [2.05, 4.69) is 6.58 Å². The lowest BCUT2D eigenvalue weighted by Gasteiger charge is -2.37. The number of carbonyl (C=O) groups excluding carboxylic acids is 2. The zero-order valence-corrected chi connectivity index (χ0v) is 13.7. The predicted molar refractivity (Wildman–Crippen MR) is 81.3 cm³/mol. The van der Waals surface area contributed by atoms with E-state index in [0.717, 1.165) is 18.9 Å². The van der Waals surface area contributed by atoms with Crippen molar-refractivity contribution >= 4 is 11.8 Å². The summed E-state index contributed by atoms with van der Waals surface area (Å²) in [6.07, 6.45) is 3.07. The van der Waals surface area contributed by atoms with Crippen molar-refractivity contribution < 1.29 is 18.4 Å². The summed E-state index contributed by atoms with van der Waals surface area (Å²) >= 11 is 0. The molecule has 0 saturated heterocycles. The van der Waals surface area contributed by atoms with Crippen molar-refractivity contribution in [2.24, 2.45) is 0 Å². The molecule has 1 aliphatic rings. The first-order valence-electron chi connectivity index (χ1n) is 7.41. The second-order valence-corrected chi connectivity index (χ2v) is 6.17. The van der Waals surface area contributed by atoms with Gasteiger partial charge in [-0.2, -0.15) is 0 Å². The molecule has 1 saturated carbocycles. The molecule has 124 valence electrons. The Balaban J connectivity index is 2.77. The van der Waals surface area contributed by atoms with Gasteiger partial charge in [-0.05, 0) is 46.1 Å². The number of rotatable bonds is 7. The molecule has 1 fully saturated rings. The summed E-state index contributed by atoms with van der Waals surface area (Å²) in [6.45, 7) is 8.35. The van der Waals surface area contributed by atoms with Crippen LogP contribution in [0.15, 0.2) is 24.3 Å². The standard InChI is InChI=1S/C16H24F2N2O2/c1-6-20(14(21)11(2)17)16(3,4)10-9-13(18)15(22)19(5)12-7-8-12/h9,12H,2,6-8,10H2,1,3-5H3/b13-9+. The summed E-state index contributed by atoms with van der Waals surface area (Å²) in [5, 5.41) is 0. The van der Waals surface area contributed by atoms with Crippen LogP contribution < -0.4 is 0 Å². The summed E-state index contributed by atoms with van der Waals surface area (Å²) < 4.78 is 27.0. The van der Waals surface area contributed by atoms with Gasteiger partial charge in [0.05, 0.1) is 0 Å². The fourth-order valence-electron chi connectivity index (χ4n) is 2.33. The summed E-state index contributed by atoms with van der Waals surface area (Å²) in [6, 6.07) is 0.128. The molecule has 0 aromatic carbocycles. The van der Waals surface area contributed by atoms with E-state index in [1.807, 2.05) is 0 Å². The molecule has 0 N–H and O–H groups in total. The molecule has 0 spiro atoms. The first-order chi connectivity index (χ1) is 10.1. The van der Waals surface area contributed by atoms with Crippen LogP contribution in [0.5, 0.6) is 0 Å². The largest absolute Gasteiger partial charge is 0.337 e. The molecular weight excluding hydrogens is 290 g/mol. The highest BCUT2D eigenvalue weighted by molar-refractivity contribution is 5.92. The zero-order valence-electron chi connectivity index (χ0n) is 13.7. The number of halogens is 2. The van der Waals surface area contributed by atoms with Gasteiger partial charge in [-0.25, -0.2) is 8.78 Å². The monoisotopic (exact) mass is 314 g/mol. The van der Waals surface area contributed by atoms with Crippen molar-refractivity contribution in [1.82, 2.24) is 9.80 Å². The minimum Gasteiger partial charge on any atom is -0.337 e. The van der Waals surface area contributed by atoms with E-state index in [4.69, 9.17) is 0 Å². The van der Waals surface area contributed by atoms with Gasteiger partial charge in [0.25, 0.3) is 11.8 Å². The quantitative estimate of drug-likeness (QED) is 0.678. The van der Waals surface area contributed by atoms with Crippen LogP contribution in [0.1, 0.15) is 40.0 Å². The Hall–Kier alpha value is -1.72. The second kappa shape index (κ2) is 7.03. The van der Waals surface area contributed by atoms with Crippen molar-refractivity contribution in [3.8, 4) is 0 Å². The topological polar surface area (TPSA) is 40.6 Å².